The minimum absolute atomic E-state index is 0.0386. The fraction of sp³-hybridized carbons (Fsp3) is 0.429. The summed E-state index contributed by atoms with van der Waals surface area (Å²) in [6.07, 6.45) is 0.236. The minimum atomic E-state index is -1.17. The molecule has 0 saturated heterocycles. The maximum atomic E-state index is 12.0. The molecule has 0 aliphatic carbocycles. The van der Waals surface area contributed by atoms with Crippen LogP contribution in [0.15, 0.2) is 18.2 Å². The summed E-state index contributed by atoms with van der Waals surface area (Å²) in [5.41, 5.74) is 5.81. The highest BCUT2D eigenvalue weighted by Crippen LogP contribution is 2.25. The van der Waals surface area contributed by atoms with Crippen molar-refractivity contribution in [2.45, 2.75) is 25.8 Å². The van der Waals surface area contributed by atoms with E-state index in [2.05, 4.69) is 10.6 Å². The monoisotopic (exact) mass is 324 g/mol. The van der Waals surface area contributed by atoms with Gasteiger partial charge < -0.3 is 21.5 Å². The second kappa shape index (κ2) is 8.81. The highest BCUT2D eigenvalue weighted by Gasteiger charge is 2.22. The number of amides is 1. The summed E-state index contributed by atoms with van der Waals surface area (Å²) in [7, 11) is 0. The van der Waals surface area contributed by atoms with Gasteiger partial charge in [-0.1, -0.05) is 6.07 Å². The van der Waals surface area contributed by atoms with Gasteiger partial charge in [0.1, 0.15) is 11.7 Å². The predicted octanol–water partition coefficient (Wildman–Crippen LogP) is 0.623. The number of nitro groups is 1. The van der Waals surface area contributed by atoms with Gasteiger partial charge in [-0.3, -0.25) is 19.7 Å². The molecule has 1 atom stereocenters. The molecule has 23 heavy (non-hydrogen) atoms. The number of hydrogen-bond acceptors (Lipinski definition) is 6. The Labute approximate surface area is 133 Å². The number of nitrogens with one attached hydrogen (secondary N) is 2. The molecule has 0 radical (unpaired) electrons. The first kappa shape index (κ1) is 18.5. The molecule has 0 heterocycles. The maximum absolute atomic E-state index is 12.0. The number of aliphatic carboxylic acids is 1. The third kappa shape index (κ3) is 6.01. The van der Waals surface area contributed by atoms with Crippen LogP contribution in [0.3, 0.4) is 0 Å². The molecule has 0 aliphatic rings. The summed E-state index contributed by atoms with van der Waals surface area (Å²) in [6, 6.07) is 3.30. The number of carboxylic acid groups (broad SMARTS) is 1. The smallest absolute Gasteiger partial charge is 0.321 e. The number of anilines is 1. The molecule has 1 aromatic carbocycles. The fourth-order valence-corrected chi connectivity index (χ4v) is 1.91. The third-order valence-corrected chi connectivity index (χ3v) is 3.08. The van der Waals surface area contributed by atoms with E-state index in [1.165, 1.54) is 12.1 Å². The molecule has 126 valence electrons. The number of carbonyl (C=O) groups excluding carboxylic acids is 1. The Morgan fingerprint density at radius 3 is 2.70 bits per heavy atom. The quantitative estimate of drug-likeness (QED) is 0.296. The molecular weight excluding hydrogens is 304 g/mol. The standard InChI is InChI=1S/C14H20N4O5/c1-9-3-4-10(12(7-9)18(22)23)17-13(19)8-11(14(20)21)16-6-2-5-15/h3-4,7,11,16H,2,5-6,8,15H2,1H3,(H,17,19)(H,20,21)/t11-/m0/s1. The molecule has 0 aliphatic heterocycles. The van der Waals surface area contributed by atoms with Crippen molar-refractivity contribution in [2.24, 2.45) is 5.73 Å². The lowest BCUT2D eigenvalue weighted by Crippen LogP contribution is -2.40. The van der Waals surface area contributed by atoms with Gasteiger partial charge in [0.25, 0.3) is 5.69 Å². The Bertz CT molecular complexity index is 591. The number of carbonyl (C=O) groups is 2. The maximum Gasteiger partial charge on any atom is 0.321 e. The minimum Gasteiger partial charge on any atom is -0.480 e. The Balaban J connectivity index is 2.75. The van der Waals surface area contributed by atoms with Gasteiger partial charge in [0.2, 0.25) is 5.91 Å². The molecule has 5 N–H and O–H groups in total. The molecule has 0 unspecified atom stereocenters. The normalized spacial score (nSPS) is 11.7. The van der Waals surface area contributed by atoms with Crippen LogP contribution in [0.25, 0.3) is 0 Å². The van der Waals surface area contributed by atoms with Gasteiger partial charge in [-0.2, -0.15) is 0 Å². The summed E-state index contributed by atoms with van der Waals surface area (Å²) in [5.74, 6) is -1.79. The predicted molar refractivity (Wildman–Crippen MR) is 84.2 cm³/mol. The van der Waals surface area contributed by atoms with Crippen LogP contribution >= 0.6 is 0 Å². The van der Waals surface area contributed by atoms with Gasteiger partial charge in [0, 0.05) is 6.07 Å². The molecule has 9 heteroatoms. The molecule has 1 amide bonds. The summed E-state index contributed by atoms with van der Waals surface area (Å²) in [6.45, 7) is 2.47. The summed E-state index contributed by atoms with van der Waals surface area (Å²) >= 11 is 0. The van der Waals surface area contributed by atoms with E-state index in [0.717, 1.165) is 0 Å². The van der Waals surface area contributed by atoms with E-state index >= 15 is 0 Å². The molecule has 1 rings (SSSR count). The number of hydrogen-bond donors (Lipinski definition) is 4. The fourth-order valence-electron chi connectivity index (χ4n) is 1.91. The van der Waals surface area contributed by atoms with E-state index in [9.17, 15) is 19.7 Å². The number of nitrogens with two attached hydrogens (primary N) is 1. The SMILES string of the molecule is Cc1ccc(NC(=O)C[C@H](NCCCN)C(=O)O)c([N+](=O)[O-])c1. The van der Waals surface area contributed by atoms with Crippen LogP contribution in [0.1, 0.15) is 18.4 Å². The first-order chi connectivity index (χ1) is 10.8. The van der Waals surface area contributed by atoms with E-state index in [1.807, 2.05) is 0 Å². The van der Waals surface area contributed by atoms with Gasteiger partial charge in [-0.05, 0) is 38.1 Å². The van der Waals surface area contributed by atoms with E-state index in [1.54, 1.807) is 13.0 Å². The Hall–Kier alpha value is -2.52. The molecule has 0 bridgehead atoms. The van der Waals surface area contributed by atoms with Gasteiger partial charge in [0.05, 0.1) is 11.3 Å². The van der Waals surface area contributed by atoms with Gasteiger partial charge in [-0.25, -0.2) is 0 Å². The van der Waals surface area contributed by atoms with E-state index in [4.69, 9.17) is 10.8 Å². The average Bonchev–Trinajstić information content (AvgIpc) is 2.47. The molecule has 0 saturated carbocycles. The van der Waals surface area contributed by atoms with Crippen LogP contribution in [0.2, 0.25) is 0 Å². The van der Waals surface area contributed by atoms with Crippen molar-refractivity contribution in [3.8, 4) is 0 Å². The second-order valence-electron chi connectivity index (χ2n) is 5.02. The average molecular weight is 324 g/mol. The van der Waals surface area contributed by atoms with Crippen LogP contribution in [-0.4, -0.2) is 41.0 Å². The molecule has 0 spiro atoms. The van der Waals surface area contributed by atoms with Gasteiger partial charge >= 0.3 is 5.97 Å². The summed E-state index contributed by atoms with van der Waals surface area (Å²) < 4.78 is 0. The number of benzene rings is 1. The number of nitrogens with zero attached hydrogens (tertiary/aromatic N) is 1. The topological polar surface area (TPSA) is 148 Å². The van der Waals surface area contributed by atoms with Gasteiger partial charge in [0.15, 0.2) is 0 Å². The van der Waals surface area contributed by atoms with E-state index in [-0.39, 0.29) is 17.8 Å². The van der Waals surface area contributed by atoms with Crippen molar-refractivity contribution >= 4 is 23.3 Å². The first-order valence-electron chi connectivity index (χ1n) is 7.06. The van der Waals surface area contributed by atoms with Crippen LogP contribution in [-0.2, 0) is 9.59 Å². The zero-order chi connectivity index (χ0) is 17.4. The lowest BCUT2D eigenvalue weighted by atomic mass is 10.1. The molecule has 9 nitrogen and oxygen atoms in total. The van der Waals surface area contributed by atoms with Crippen molar-refractivity contribution in [3.63, 3.8) is 0 Å². The van der Waals surface area contributed by atoms with Crippen molar-refractivity contribution in [1.29, 1.82) is 0 Å². The van der Waals surface area contributed by atoms with E-state index in [0.29, 0.717) is 25.1 Å². The molecule has 1 aromatic rings. The van der Waals surface area contributed by atoms with Crippen LogP contribution in [0, 0.1) is 17.0 Å². The number of nitro benzene ring substituents is 1. The number of carboxylic acids is 1. The Kier molecular flexibility index (Phi) is 7.10. The van der Waals surface area contributed by atoms with Crippen molar-refractivity contribution in [1.82, 2.24) is 5.32 Å². The second-order valence-corrected chi connectivity index (χ2v) is 5.02. The lowest BCUT2D eigenvalue weighted by Gasteiger charge is -2.14. The van der Waals surface area contributed by atoms with Crippen LogP contribution in [0.4, 0.5) is 11.4 Å². The third-order valence-electron chi connectivity index (χ3n) is 3.08. The van der Waals surface area contributed by atoms with Crippen molar-refractivity contribution in [3.05, 3.63) is 33.9 Å². The van der Waals surface area contributed by atoms with Crippen LogP contribution < -0.4 is 16.4 Å². The first-order valence-corrected chi connectivity index (χ1v) is 7.06. The number of rotatable bonds is 9. The number of aryl methyl sites for hydroxylation is 1. The van der Waals surface area contributed by atoms with E-state index < -0.39 is 22.8 Å². The Morgan fingerprint density at radius 1 is 1.43 bits per heavy atom. The molecule has 0 fully saturated rings. The zero-order valence-corrected chi connectivity index (χ0v) is 12.7. The van der Waals surface area contributed by atoms with Crippen LogP contribution in [0.5, 0.6) is 0 Å². The zero-order valence-electron chi connectivity index (χ0n) is 12.7. The Morgan fingerprint density at radius 2 is 2.13 bits per heavy atom. The highest BCUT2D eigenvalue weighted by atomic mass is 16.6. The summed E-state index contributed by atoms with van der Waals surface area (Å²) in [4.78, 5) is 33.5. The summed E-state index contributed by atoms with van der Waals surface area (Å²) in [5, 5.41) is 25.2. The highest BCUT2D eigenvalue weighted by molar-refractivity contribution is 5.95. The lowest BCUT2D eigenvalue weighted by molar-refractivity contribution is -0.384. The van der Waals surface area contributed by atoms with Crippen molar-refractivity contribution < 1.29 is 19.6 Å². The largest absolute Gasteiger partial charge is 0.480 e. The molecule has 0 aromatic heterocycles. The van der Waals surface area contributed by atoms with Gasteiger partial charge in [-0.15, -0.1) is 0 Å². The molecular formula is C14H20N4O5. The van der Waals surface area contributed by atoms with Crippen molar-refractivity contribution in [2.75, 3.05) is 18.4 Å².